The Morgan fingerprint density at radius 2 is 1.80 bits per heavy atom. The molecule has 0 spiro atoms. The van der Waals surface area contributed by atoms with Crippen LogP contribution in [-0.4, -0.2) is 0 Å². The van der Waals surface area contributed by atoms with Crippen LogP contribution in [0.1, 0.15) is 41.0 Å². The summed E-state index contributed by atoms with van der Waals surface area (Å²) in [6, 6.07) is 0. The zero-order valence-electron chi connectivity index (χ0n) is 7.86. The van der Waals surface area contributed by atoms with E-state index < -0.39 is 0 Å². The lowest BCUT2D eigenvalue weighted by molar-refractivity contribution is 0.287. The molecule has 0 bridgehead atoms. The summed E-state index contributed by atoms with van der Waals surface area (Å²) in [5.41, 5.74) is 0.559. The fourth-order valence-corrected chi connectivity index (χ4v) is 2.07. The van der Waals surface area contributed by atoms with Gasteiger partial charge in [-0.2, -0.15) is 18.8 Å². The van der Waals surface area contributed by atoms with Crippen LogP contribution in [0.3, 0.4) is 0 Å². The molecular weight excluding hydrogens is 120 g/mol. The Balaban J connectivity index is 2.52. The maximum absolute atomic E-state index is 2.38. The molecule has 0 aliphatic heterocycles. The van der Waals surface area contributed by atoms with Gasteiger partial charge in [0.2, 0.25) is 0 Å². The molecule has 1 aliphatic rings. The first-order valence-corrected chi connectivity index (χ1v) is 4.34. The highest BCUT2D eigenvalue weighted by Crippen LogP contribution is 2.58. The average Bonchev–Trinajstić information content (AvgIpc) is 2.42. The third kappa shape index (κ3) is 1.09. The Kier molecular flexibility index (Phi) is 1.82. The first kappa shape index (κ1) is 8.10. The number of hydrogen-bond donors (Lipinski definition) is 0. The van der Waals surface area contributed by atoms with E-state index in [-0.39, 0.29) is 0 Å². The first-order chi connectivity index (χ1) is 4.50. The molecule has 1 fully saturated rings. The molecule has 0 heteroatoms. The minimum Gasteiger partial charge on any atom is -0.315 e. The molecule has 60 valence electrons. The topological polar surface area (TPSA) is 0 Å². The SMILES string of the molecule is CCC(C)(C)C1[C-](C)C1C. The molecule has 1 rings (SSSR count). The van der Waals surface area contributed by atoms with Crippen LogP contribution in [-0.2, 0) is 0 Å². The van der Waals surface area contributed by atoms with Crippen molar-refractivity contribution in [3.8, 4) is 0 Å². The van der Waals surface area contributed by atoms with Gasteiger partial charge in [0.25, 0.3) is 0 Å². The van der Waals surface area contributed by atoms with E-state index in [4.69, 9.17) is 0 Å². The van der Waals surface area contributed by atoms with Crippen LogP contribution < -0.4 is 0 Å². The quantitative estimate of drug-likeness (QED) is 0.515. The van der Waals surface area contributed by atoms with Crippen molar-refractivity contribution in [1.29, 1.82) is 0 Å². The third-order valence-electron chi connectivity index (χ3n) is 3.35. The van der Waals surface area contributed by atoms with Gasteiger partial charge >= 0.3 is 0 Å². The monoisotopic (exact) mass is 139 g/mol. The predicted molar refractivity (Wildman–Crippen MR) is 45.6 cm³/mol. The molecule has 1 saturated carbocycles. The molecule has 10 heavy (non-hydrogen) atoms. The van der Waals surface area contributed by atoms with Gasteiger partial charge in [0, 0.05) is 0 Å². The molecule has 2 atom stereocenters. The zero-order valence-corrected chi connectivity index (χ0v) is 7.86. The van der Waals surface area contributed by atoms with Gasteiger partial charge in [0.1, 0.15) is 0 Å². The second-order valence-electron chi connectivity index (χ2n) is 4.35. The van der Waals surface area contributed by atoms with E-state index in [0.29, 0.717) is 5.41 Å². The highest BCUT2D eigenvalue weighted by molar-refractivity contribution is 5.20. The van der Waals surface area contributed by atoms with Crippen molar-refractivity contribution < 1.29 is 0 Å². The Morgan fingerprint density at radius 1 is 1.40 bits per heavy atom. The predicted octanol–water partition coefficient (Wildman–Crippen LogP) is 3.28. The minimum absolute atomic E-state index is 0.559. The fraction of sp³-hybridized carbons (Fsp3) is 0.900. The van der Waals surface area contributed by atoms with Crippen molar-refractivity contribution in [1.82, 2.24) is 0 Å². The summed E-state index contributed by atoms with van der Waals surface area (Å²) in [7, 11) is 0. The number of hydrogen-bond acceptors (Lipinski definition) is 0. The van der Waals surface area contributed by atoms with E-state index in [9.17, 15) is 0 Å². The van der Waals surface area contributed by atoms with Crippen molar-refractivity contribution in [2.45, 2.75) is 41.0 Å². The Hall–Kier alpha value is 0. The van der Waals surface area contributed by atoms with Gasteiger partial charge in [-0.25, -0.2) is 0 Å². The molecule has 0 N–H and O–H groups in total. The zero-order chi connectivity index (χ0) is 7.94. The van der Waals surface area contributed by atoms with Crippen LogP contribution in [0.15, 0.2) is 0 Å². The average molecular weight is 139 g/mol. The second kappa shape index (κ2) is 2.25. The molecule has 0 aromatic rings. The van der Waals surface area contributed by atoms with Crippen molar-refractivity contribution in [2.75, 3.05) is 0 Å². The highest BCUT2D eigenvalue weighted by atomic mass is 14.6. The molecule has 0 amide bonds. The summed E-state index contributed by atoms with van der Waals surface area (Å²) in [6.07, 6.45) is 1.30. The maximum Gasteiger partial charge on any atom is -0.0533 e. The molecule has 0 radical (unpaired) electrons. The van der Waals surface area contributed by atoms with Gasteiger partial charge < -0.3 is 5.92 Å². The molecule has 1 aliphatic carbocycles. The van der Waals surface area contributed by atoms with Gasteiger partial charge in [-0.1, -0.05) is 39.5 Å². The van der Waals surface area contributed by atoms with Crippen molar-refractivity contribution in [2.24, 2.45) is 17.3 Å². The standard InChI is InChI=1S/C10H19/c1-6-10(4,5)9-7(2)8(9)3/h7,9H,6H2,1-5H3/q-1. The first-order valence-electron chi connectivity index (χ1n) is 4.34. The van der Waals surface area contributed by atoms with Crippen molar-refractivity contribution in [3.05, 3.63) is 5.92 Å². The van der Waals surface area contributed by atoms with Crippen LogP contribution in [0.2, 0.25) is 0 Å². The van der Waals surface area contributed by atoms with Crippen LogP contribution in [0.5, 0.6) is 0 Å². The van der Waals surface area contributed by atoms with E-state index in [1.54, 1.807) is 5.92 Å². The van der Waals surface area contributed by atoms with Crippen LogP contribution in [0.25, 0.3) is 0 Å². The molecule has 2 unspecified atom stereocenters. The molecule has 0 saturated heterocycles. The van der Waals surface area contributed by atoms with E-state index in [2.05, 4.69) is 34.6 Å². The molecule has 0 nitrogen and oxygen atoms in total. The van der Waals surface area contributed by atoms with Crippen LogP contribution in [0, 0.1) is 23.2 Å². The van der Waals surface area contributed by atoms with E-state index >= 15 is 0 Å². The van der Waals surface area contributed by atoms with Gasteiger partial charge in [0.05, 0.1) is 0 Å². The highest BCUT2D eigenvalue weighted by Gasteiger charge is 2.37. The maximum atomic E-state index is 2.38. The van der Waals surface area contributed by atoms with Gasteiger partial charge in [-0.3, -0.25) is 0 Å². The van der Waals surface area contributed by atoms with Gasteiger partial charge in [-0.05, 0) is 0 Å². The van der Waals surface area contributed by atoms with Gasteiger partial charge in [-0.15, -0.1) is 0 Å². The lowest BCUT2D eigenvalue weighted by atomic mass is 9.83. The summed E-state index contributed by atoms with van der Waals surface area (Å²) in [5.74, 6) is 3.53. The fourth-order valence-electron chi connectivity index (χ4n) is 2.07. The van der Waals surface area contributed by atoms with Crippen molar-refractivity contribution in [3.63, 3.8) is 0 Å². The summed E-state index contributed by atoms with van der Waals surface area (Å²) in [5, 5.41) is 0. The second-order valence-corrected chi connectivity index (χ2v) is 4.35. The summed E-state index contributed by atoms with van der Waals surface area (Å²) in [6.45, 7) is 11.7. The minimum atomic E-state index is 0.559. The van der Waals surface area contributed by atoms with E-state index in [0.717, 1.165) is 11.8 Å². The summed E-state index contributed by atoms with van der Waals surface area (Å²) in [4.78, 5) is 0. The summed E-state index contributed by atoms with van der Waals surface area (Å²) >= 11 is 0. The van der Waals surface area contributed by atoms with Gasteiger partial charge in [0.15, 0.2) is 0 Å². The lowest BCUT2D eigenvalue weighted by Crippen LogP contribution is -2.13. The molecular formula is C10H19-. The Morgan fingerprint density at radius 3 is 1.90 bits per heavy atom. The molecule has 0 heterocycles. The number of rotatable bonds is 2. The smallest absolute Gasteiger partial charge is 0.0533 e. The molecule has 0 aromatic heterocycles. The lowest BCUT2D eigenvalue weighted by Gasteiger charge is -2.28. The van der Waals surface area contributed by atoms with Crippen LogP contribution >= 0.6 is 0 Å². The van der Waals surface area contributed by atoms with E-state index in [1.807, 2.05) is 0 Å². The third-order valence-corrected chi connectivity index (χ3v) is 3.35. The largest absolute Gasteiger partial charge is 0.315 e. The Labute approximate surface area is 65.0 Å². The Bertz CT molecular complexity index is 116. The summed E-state index contributed by atoms with van der Waals surface area (Å²) < 4.78 is 0. The molecule has 0 aromatic carbocycles. The normalized spacial score (nSPS) is 34.5. The van der Waals surface area contributed by atoms with Crippen molar-refractivity contribution >= 4 is 0 Å². The van der Waals surface area contributed by atoms with Crippen LogP contribution in [0.4, 0.5) is 0 Å². The van der Waals surface area contributed by atoms with E-state index in [1.165, 1.54) is 6.42 Å².